The molecule has 4 heteroatoms. The number of carbonyl (C=O) groups excluding carboxylic acids is 1. The topological polar surface area (TPSA) is 39.3 Å². The molecule has 2 aromatic rings. The Hall–Kier alpha value is -2.07. The van der Waals surface area contributed by atoms with Gasteiger partial charge in [-0.25, -0.2) is 0 Å². The van der Waals surface area contributed by atoms with Gasteiger partial charge in [-0.05, 0) is 57.5 Å². The maximum atomic E-state index is 12.9. The van der Waals surface area contributed by atoms with Gasteiger partial charge in [-0.1, -0.05) is 18.2 Å². The molecule has 1 amide bonds. The zero-order valence-corrected chi connectivity index (χ0v) is 13.9. The van der Waals surface area contributed by atoms with E-state index in [1.807, 2.05) is 47.5 Å². The summed E-state index contributed by atoms with van der Waals surface area (Å²) in [6.07, 6.45) is 4.21. The summed E-state index contributed by atoms with van der Waals surface area (Å²) < 4.78 is 0. The third kappa shape index (κ3) is 3.48. The first-order chi connectivity index (χ1) is 11.2. The normalized spacial score (nSPS) is 18.5. The van der Waals surface area contributed by atoms with Crippen LogP contribution in [0.3, 0.4) is 0 Å². The van der Waals surface area contributed by atoms with Gasteiger partial charge in [0.25, 0.3) is 0 Å². The molecular formula is C19H25N3O. The summed E-state index contributed by atoms with van der Waals surface area (Å²) in [5, 5.41) is 0. The van der Waals surface area contributed by atoms with E-state index in [9.17, 15) is 4.79 Å². The Kier molecular flexibility index (Phi) is 4.82. The number of aromatic amines is 1. The Morgan fingerprint density at radius 2 is 2.04 bits per heavy atom. The number of H-pyrrole nitrogens is 1. The van der Waals surface area contributed by atoms with Crippen molar-refractivity contribution in [1.29, 1.82) is 0 Å². The molecule has 4 nitrogen and oxygen atoms in total. The van der Waals surface area contributed by atoms with E-state index >= 15 is 0 Å². The number of benzene rings is 1. The molecule has 0 saturated carbocycles. The van der Waals surface area contributed by atoms with Crippen LogP contribution in [0.2, 0.25) is 0 Å². The zero-order chi connectivity index (χ0) is 16.2. The number of rotatable bonds is 5. The van der Waals surface area contributed by atoms with E-state index in [0.29, 0.717) is 12.6 Å². The molecule has 1 fully saturated rings. The maximum Gasteiger partial charge on any atom is 0.241 e. The molecule has 0 radical (unpaired) electrons. The molecule has 1 aliphatic rings. The van der Waals surface area contributed by atoms with Gasteiger partial charge >= 0.3 is 0 Å². The highest BCUT2D eigenvalue weighted by Crippen LogP contribution is 2.31. The Morgan fingerprint density at radius 3 is 2.70 bits per heavy atom. The third-order valence-electron chi connectivity index (χ3n) is 4.50. The lowest BCUT2D eigenvalue weighted by Crippen LogP contribution is -2.43. The van der Waals surface area contributed by atoms with Gasteiger partial charge in [0.15, 0.2) is 0 Å². The van der Waals surface area contributed by atoms with Gasteiger partial charge in [-0.2, -0.15) is 0 Å². The predicted octanol–water partition coefficient (Wildman–Crippen LogP) is 3.59. The first-order valence-electron chi connectivity index (χ1n) is 8.41. The van der Waals surface area contributed by atoms with Gasteiger partial charge in [0.05, 0.1) is 12.6 Å². The Labute approximate surface area is 138 Å². The van der Waals surface area contributed by atoms with Crippen molar-refractivity contribution in [3.8, 4) is 0 Å². The van der Waals surface area contributed by atoms with E-state index in [4.69, 9.17) is 0 Å². The predicted molar refractivity (Wildman–Crippen MR) is 93.4 cm³/mol. The van der Waals surface area contributed by atoms with Crippen LogP contribution < -0.4 is 4.90 Å². The minimum absolute atomic E-state index is 0.149. The molecule has 2 heterocycles. The molecule has 122 valence electrons. The summed E-state index contributed by atoms with van der Waals surface area (Å²) in [4.78, 5) is 20.4. The molecule has 1 aliphatic heterocycles. The van der Waals surface area contributed by atoms with Gasteiger partial charge in [-0.3, -0.25) is 9.69 Å². The average Bonchev–Trinajstić information content (AvgIpc) is 3.18. The fourth-order valence-electron chi connectivity index (χ4n) is 3.49. The molecular weight excluding hydrogens is 286 g/mol. The second-order valence-corrected chi connectivity index (χ2v) is 6.45. The molecule has 23 heavy (non-hydrogen) atoms. The SMILES string of the molecule is CC(C)N(C(=O)CN1CCC[C@H]1c1ccc[nH]1)c1ccccc1. The van der Waals surface area contributed by atoms with Crippen LogP contribution in [0.4, 0.5) is 5.69 Å². The minimum Gasteiger partial charge on any atom is -0.364 e. The van der Waals surface area contributed by atoms with Gasteiger partial charge < -0.3 is 9.88 Å². The smallest absolute Gasteiger partial charge is 0.241 e. The highest BCUT2D eigenvalue weighted by Gasteiger charge is 2.30. The number of hydrogen-bond acceptors (Lipinski definition) is 2. The van der Waals surface area contributed by atoms with E-state index in [1.54, 1.807) is 0 Å². The Bertz CT molecular complexity index is 621. The monoisotopic (exact) mass is 311 g/mol. The van der Waals surface area contributed by atoms with Crippen LogP contribution in [0.5, 0.6) is 0 Å². The highest BCUT2D eigenvalue weighted by atomic mass is 16.2. The summed E-state index contributed by atoms with van der Waals surface area (Å²) in [5.41, 5.74) is 2.19. The zero-order valence-electron chi connectivity index (χ0n) is 13.9. The molecule has 1 aromatic carbocycles. The van der Waals surface area contributed by atoms with Crippen molar-refractivity contribution in [2.45, 2.75) is 38.8 Å². The van der Waals surface area contributed by atoms with Crippen LogP contribution in [0.25, 0.3) is 0 Å². The van der Waals surface area contributed by atoms with E-state index in [-0.39, 0.29) is 11.9 Å². The Balaban J connectivity index is 1.74. The van der Waals surface area contributed by atoms with Crippen molar-refractivity contribution < 1.29 is 4.79 Å². The van der Waals surface area contributed by atoms with Gasteiger partial charge in [-0.15, -0.1) is 0 Å². The summed E-state index contributed by atoms with van der Waals surface area (Å²) >= 11 is 0. The van der Waals surface area contributed by atoms with Crippen molar-refractivity contribution in [3.05, 3.63) is 54.4 Å². The standard InChI is InChI=1S/C19H25N3O/c1-15(2)22(16-8-4-3-5-9-16)19(23)14-21-13-7-11-18(21)17-10-6-12-20-17/h3-6,8-10,12,15,18,20H,7,11,13-14H2,1-2H3/t18-/m0/s1. The number of carbonyl (C=O) groups is 1. The first-order valence-corrected chi connectivity index (χ1v) is 8.41. The molecule has 0 spiro atoms. The maximum absolute atomic E-state index is 12.9. The lowest BCUT2D eigenvalue weighted by molar-refractivity contribution is -0.120. The molecule has 1 saturated heterocycles. The summed E-state index contributed by atoms with van der Waals surface area (Å²) in [6.45, 7) is 5.58. The molecule has 1 N–H and O–H groups in total. The largest absolute Gasteiger partial charge is 0.364 e. The molecule has 1 atom stereocenters. The van der Waals surface area contributed by atoms with Crippen molar-refractivity contribution in [2.75, 3.05) is 18.0 Å². The third-order valence-corrected chi connectivity index (χ3v) is 4.50. The number of amides is 1. The Morgan fingerprint density at radius 1 is 1.26 bits per heavy atom. The quantitative estimate of drug-likeness (QED) is 0.916. The second-order valence-electron chi connectivity index (χ2n) is 6.45. The van der Waals surface area contributed by atoms with Crippen LogP contribution in [0.1, 0.15) is 38.4 Å². The first kappa shape index (κ1) is 15.8. The van der Waals surface area contributed by atoms with Crippen molar-refractivity contribution in [1.82, 2.24) is 9.88 Å². The number of para-hydroxylation sites is 1. The van der Waals surface area contributed by atoms with E-state index in [2.05, 4.69) is 29.8 Å². The summed E-state index contributed by atoms with van der Waals surface area (Å²) in [5.74, 6) is 0.171. The van der Waals surface area contributed by atoms with Crippen molar-refractivity contribution >= 4 is 11.6 Å². The number of aromatic nitrogens is 1. The van der Waals surface area contributed by atoms with Crippen molar-refractivity contribution in [2.24, 2.45) is 0 Å². The van der Waals surface area contributed by atoms with E-state index in [0.717, 1.165) is 25.1 Å². The van der Waals surface area contributed by atoms with Crippen LogP contribution in [0.15, 0.2) is 48.7 Å². The van der Waals surface area contributed by atoms with Crippen LogP contribution in [-0.4, -0.2) is 34.9 Å². The number of nitrogens with one attached hydrogen (secondary N) is 1. The fourth-order valence-corrected chi connectivity index (χ4v) is 3.49. The summed E-state index contributed by atoms with van der Waals surface area (Å²) in [7, 11) is 0. The van der Waals surface area contributed by atoms with Gasteiger partial charge in [0.1, 0.15) is 0 Å². The minimum atomic E-state index is 0.149. The second kappa shape index (κ2) is 7.01. The van der Waals surface area contributed by atoms with Crippen LogP contribution in [0, 0.1) is 0 Å². The van der Waals surface area contributed by atoms with Gasteiger partial charge in [0, 0.05) is 23.6 Å². The molecule has 1 aromatic heterocycles. The fraction of sp³-hybridized carbons (Fsp3) is 0.421. The van der Waals surface area contributed by atoms with Crippen LogP contribution >= 0.6 is 0 Å². The van der Waals surface area contributed by atoms with E-state index < -0.39 is 0 Å². The van der Waals surface area contributed by atoms with Gasteiger partial charge in [0.2, 0.25) is 5.91 Å². The average molecular weight is 311 g/mol. The molecule has 0 aliphatic carbocycles. The molecule has 0 bridgehead atoms. The number of nitrogens with zero attached hydrogens (tertiary/aromatic N) is 2. The summed E-state index contributed by atoms with van der Waals surface area (Å²) in [6, 6.07) is 14.6. The lowest BCUT2D eigenvalue weighted by atomic mass is 10.1. The molecule has 0 unspecified atom stereocenters. The van der Waals surface area contributed by atoms with Crippen LogP contribution in [-0.2, 0) is 4.79 Å². The van der Waals surface area contributed by atoms with E-state index in [1.165, 1.54) is 5.69 Å². The number of likely N-dealkylation sites (tertiary alicyclic amines) is 1. The highest BCUT2D eigenvalue weighted by molar-refractivity contribution is 5.95. The van der Waals surface area contributed by atoms with Crippen molar-refractivity contribution in [3.63, 3.8) is 0 Å². The number of anilines is 1. The lowest BCUT2D eigenvalue weighted by Gasteiger charge is -2.30. The number of hydrogen-bond donors (Lipinski definition) is 1. The molecule has 3 rings (SSSR count).